The van der Waals surface area contributed by atoms with E-state index in [4.69, 9.17) is 5.11 Å². The summed E-state index contributed by atoms with van der Waals surface area (Å²) in [6.45, 7) is 2.13. The van der Waals surface area contributed by atoms with Gasteiger partial charge in [-0.05, 0) is 43.5 Å². The summed E-state index contributed by atoms with van der Waals surface area (Å²) >= 11 is 0. The van der Waals surface area contributed by atoms with Crippen molar-refractivity contribution in [3.05, 3.63) is 29.3 Å². The number of hydrogen-bond donors (Lipinski definition) is 2. The molecule has 0 bridgehead atoms. The molecule has 1 saturated heterocycles. The van der Waals surface area contributed by atoms with Crippen molar-refractivity contribution in [2.45, 2.75) is 30.8 Å². The van der Waals surface area contributed by atoms with Crippen molar-refractivity contribution >= 4 is 10.0 Å². The SMILES string of the molecule is Cc1cc(S(=O)(=O)N2CCCC(O)C2)ccc1C#CCO. The minimum atomic E-state index is -3.58. The van der Waals surface area contributed by atoms with Crippen molar-refractivity contribution < 1.29 is 18.6 Å². The first kappa shape index (κ1) is 16.0. The molecule has 1 fully saturated rings. The Morgan fingerprint density at radius 1 is 1.43 bits per heavy atom. The normalized spacial score (nSPS) is 19.9. The zero-order valence-corrected chi connectivity index (χ0v) is 12.7. The Morgan fingerprint density at radius 2 is 2.19 bits per heavy atom. The van der Waals surface area contributed by atoms with Gasteiger partial charge in [0.25, 0.3) is 0 Å². The highest BCUT2D eigenvalue weighted by Crippen LogP contribution is 2.22. The first-order chi connectivity index (χ1) is 9.95. The largest absolute Gasteiger partial charge is 0.392 e. The van der Waals surface area contributed by atoms with Crippen molar-refractivity contribution in [1.29, 1.82) is 0 Å². The summed E-state index contributed by atoms with van der Waals surface area (Å²) < 4.78 is 26.4. The fraction of sp³-hybridized carbons (Fsp3) is 0.467. The monoisotopic (exact) mass is 309 g/mol. The van der Waals surface area contributed by atoms with Gasteiger partial charge in [0, 0.05) is 18.7 Å². The number of rotatable bonds is 2. The van der Waals surface area contributed by atoms with Gasteiger partial charge >= 0.3 is 0 Å². The maximum Gasteiger partial charge on any atom is 0.243 e. The van der Waals surface area contributed by atoms with Crippen LogP contribution in [0.1, 0.15) is 24.0 Å². The lowest BCUT2D eigenvalue weighted by Gasteiger charge is -2.29. The summed E-state index contributed by atoms with van der Waals surface area (Å²) in [7, 11) is -3.58. The van der Waals surface area contributed by atoms with Crippen molar-refractivity contribution in [1.82, 2.24) is 4.31 Å². The van der Waals surface area contributed by atoms with Gasteiger partial charge in [-0.15, -0.1) is 0 Å². The predicted octanol–water partition coefficient (Wildman–Crippen LogP) is 0.484. The molecule has 1 aromatic carbocycles. The molecular weight excluding hydrogens is 290 g/mol. The standard InChI is InChI=1S/C15H19NO4S/c1-12-10-15(7-6-13(12)4-3-9-17)21(19,20)16-8-2-5-14(18)11-16/h6-7,10,14,17-18H,2,5,8-9,11H2,1H3. The number of nitrogens with zero attached hydrogens (tertiary/aromatic N) is 1. The van der Waals surface area contributed by atoms with Crippen LogP contribution in [0.15, 0.2) is 23.1 Å². The van der Waals surface area contributed by atoms with Crippen LogP contribution in [0, 0.1) is 18.8 Å². The summed E-state index contributed by atoms with van der Waals surface area (Å²) in [6.07, 6.45) is 0.713. The van der Waals surface area contributed by atoms with E-state index in [0.29, 0.717) is 24.9 Å². The average Bonchev–Trinajstić information content (AvgIpc) is 2.46. The molecule has 1 heterocycles. The Balaban J connectivity index is 2.30. The molecule has 2 N–H and O–H groups in total. The van der Waals surface area contributed by atoms with E-state index in [2.05, 4.69) is 11.8 Å². The van der Waals surface area contributed by atoms with E-state index in [1.165, 1.54) is 10.4 Å². The number of β-amino-alcohol motifs (C(OH)–C–C–N with tert-alkyl or cyclic N) is 1. The lowest BCUT2D eigenvalue weighted by atomic mass is 10.1. The van der Waals surface area contributed by atoms with Crippen LogP contribution in [-0.2, 0) is 10.0 Å². The topological polar surface area (TPSA) is 77.8 Å². The molecule has 114 valence electrons. The molecule has 21 heavy (non-hydrogen) atoms. The quantitative estimate of drug-likeness (QED) is 0.779. The third kappa shape index (κ3) is 3.63. The molecule has 1 atom stereocenters. The molecule has 1 aromatic rings. The second kappa shape index (κ2) is 6.58. The molecule has 1 aliphatic heterocycles. The number of hydrogen-bond acceptors (Lipinski definition) is 4. The van der Waals surface area contributed by atoms with Gasteiger partial charge in [0.05, 0.1) is 11.0 Å². The average molecular weight is 309 g/mol. The molecule has 5 nitrogen and oxygen atoms in total. The second-order valence-electron chi connectivity index (χ2n) is 5.10. The van der Waals surface area contributed by atoms with E-state index in [1.54, 1.807) is 19.1 Å². The van der Waals surface area contributed by atoms with Gasteiger partial charge in [-0.1, -0.05) is 11.8 Å². The van der Waals surface area contributed by atoms with E-state index in [0.717, 1.165) is 5.56 Å². The van der Waals surface area contributed by atoms with E-state index >= 15 is 0 Å². The molecule has 0 amide bonds. The van der Waals surface area contributed by atoms with Gasteiger partial charge in [-0.3, -0.25) is 0 Å². The third-order valence-electron chi connectivity index (χ3n) is 3.50. The number of sulfonamides is 1. The van der Waals surface area contributed by atoms with Gasteiger partial charge in [0.1, 0.15) is 6.61 Å². The number of aliphatic hydroxyl groups excluding tert-OH is 2. The maximum absolute atomic E-state index is 12.5. The van der Waals surface area contributed by atoms with Crippen LogP contribution in [0.25, 0.3) is 0 Å². The minimum absolute atomic E-state index is 0.146. The van der Waals surface area contributed by atoms with Crippen LogP contribution in [0.5, 0.6) is 0 Å². The van der Waals surface area contributed by atoms with E-state index in [1.807, 2.05) is 0 Å². The van der Waals surface area contributed by atoms with E-state index in [9.17, 15) is 13.5 Å². The molecule has 1 unspecified atom stereocenters. The summed E-state index contributed by atoms with van der Waals surface area (Å²) in [5, 5.41) is 18.3. The van der Waals surface area contributed by atoms with Gasteiger partial charge in [-0.2, -0.15) is 4.31 Å². The lowest BCUT2D eigenvalue weighted by molar-refractivity contribution is 0.108. The fourth-order valence-corrected chi connectivity index (χ4v) is 3.96. The Labute approximate surface area is 125 Å². The zero-order chi connectivity index (χ0) is 15.5. The highest BCUT2D eigenvalue weighted by molar-refractivity contribution is 7.89. The predicted molar refractivity (Wildman–Crippen MR) is 79.1 cm³/mol. The van der Waals surface area contributed by atoms with E-state index in [-0.39, 0.29) is 18.0 Å². The van der Waals surface area contributed by atoms with Crippen LogP contribution >= 0.6 is 0 Å². The summed E-state index contributed by atoms with van der Waals surface area (Å²) in [4.78, 5) is 0.212. The van der Waals surface area contributed by atoms with Crippen LogP contribution in [-0.4, -0.2) is 48.7 Å². The van der Waals surface area contributed by atoms with Crippen LogP contribution in [0.4, 0.5) is 0 Å². The molecule has 0 saturated carbocycles. The number of aryl methyl sites for hydroxylation is 1. The van der Waals surface area contributed by atoms with Crippen molar-refractivity contribution in [3.8, 4) is 11.8 Å². The zero-order valence-electron chi connectivity index (χ0n) is 11.9. The van der Waals surface area contributed by atoms with Crippen molar-refractivity contribution in [2.75, 3.05) is 19.7 Å². The Kier molecular flexibility index (Phi) is 5.01. The molecule has 6 heteroatoms. The molecule has 0 radical (unpaired) electrons. The van der Waals surface area contributed by atoms with Crippen molar-refractivity contribution in [3.63, 3.8) is 0 Å². The Hall–Kier alpha value is -1.39. The van der Waals surface area contributed by atoms with Gasteiger partial charge < -0.3 is 10.2 Å². The number of piperidine rings is 1. The third-order valence-corrected chi connectivity index (χ3v) is 5.36. The maximum atomic E-state index is 12.5. The summed E-state index contributed by atoms with van der Waals surface area (Å²) in [5.41, 5.74) is 1.44. The highest BCUT2D eigenvalue weighted by atomic mass is 32.2. The number of benzene rings is 1. The van der Waals surface area contributed by atoms with Gasteiger partial charge in [0.15, 0.2) is 0 Å². The first-order valence-electron chi connectivity index (χ1n) is 6.83. The highest BCUT2D eigenvalue weighted by Gasteiger charge is 2.29. The molecule has 1 aliphatic rings. The van der Waals surface area contributed by atoms with Gasteiger partial charge in [-0.25, -0.2) is 8.42 Å². The molecule has 0 spiro atoms. The van der Waals surface area contributed by atoms with Crippen molar-refractivity contribution in [2.24, 2.45) is 0 Å². The molecule has 0 aliphatic carbocycles. The van der Waals surface area contributed by atoms with Crippen LogP contribution < -0.4 is 0 Å². The summed E-state index contributed by atoms with van der Waals surface area (Å²) in [5.74, 6) is 5.32. The van der Waals surface area contributed by atoms with Crippen LogP contribution in [0.2, 0.25) is 0 Å². The number of aliphatic hydroxyl groups is 2. The fourth-order valence-electron chi connectivity index (χ4n) is 2.36. The molecule has 0 aromatic heterocycles. The Morgan fingerprint density at radius 3 is 2.81 bits per heavy atom. The van der Waals surface area contributed by atoms with E-state index < -0.39 is 16.1 Å². The Bertz CT molecular complexity index is 673. The molecular formula is C15H19NO4S. The summed E-state index contributed by atoms with van der Waals surface area (Å²) in [6, 6.07) is 4.74. The first-order valence-corrected chi connectivity index (χ1v) is 8.28. The minimum Gasteiger partial charge on any atom is -0.392 e. The smallest absolute Gasteiger partial charge is 0.243 e. The van der Waals surface area contributed by atoms with Crippen LogP contribution in [0.3, 0.4) is 0 Å². The second-order valence-corrected chi connectivity index (χ2v) is 7.03. The van der Waals surface area contributed by atoms with Gasteiger partial charge in [0.2, 0.25) is 10.0 Å². The lowest BCUT2D eigenvalue weighted by Crippen LogP contribution is -2.42. The molecule has 2 rings (SSSR count).